The molecule has 0 bridgehead atoms. The van der Waals surface area contributed by atoms with Crippen LogP contribution >= 0.6 is 0 Å². The summed E-state index contributed by atoms with van der Waals surface area (Å²) in [5, 5.41) is 2.85. The Morgan fingerprint density at radius 3 is 2.63 bits per heavy atom. The molecule has 0 radical (unpaired) electrons. The van der Waals surface area contributed by atoms with Crippen molar-refractivity contribution in [3.8, 4) is 0 Å². The molecule has 7 heteroatoms. The zero-order valence-electron chi connectivity index (χ0n) is 15.2. The summed E-state index contributed by atoms with van der Waals surface area (Å²) in [6.45, 7) is 2.72. The molecule has 2 aliphatic heterocycles. The predicted molar refractivity (Wildman–Crippen MR) is 104 cm³/mol. The van der Waals surface area contributed by atoms with Crippen LogP contribution in [0, 0.1) is 0 Å². The maximum Gasteiger partial charge on any atom is 0.280 e. The number of nitrogens with zero attached hydrogens (tertiary/aromatic N) is 1. The van der Waals surface area contributed by atoms with Crippen LogP contribution in [0.4, 0.5) is 5.69 Å². The number of hydrogen-bond donors (Lipinski definition) is 2. The molecule has 2 N–H and O–H groups in total. The number of hydrogen-bond acceptors (Lipinski definition) is 3. The van der Waals surface area contributed by atoms with E-state index < -0.39 is 10.2 Å². The average molecular weight is 385 g/mol. The quantitative estimate of drug-likeness (QED) is 0.849. The Morgan fingerprint density at radius 2 is 1.81 bits per heavy atom. The Balaban J connectivity index is 1.49. The summed E-state index contributed by atoms with van der Waals surface area (Å²) in [5.41, 5.74) is 5.04. The number of carbonyl (C=O) groups is 1. The minimum Gasteiger partial charge on any atom is -0.326 e. The molecular formula is C20H23N3O3S. The Kier molecular flexibility index (Phi) is 4.75. The lowest BCUT2D eigenvalue weighted by atomic mass is 9.98. The van der Waals surface area contributed by atoms with Crippen LogP contribution in [0.2, 0.25) is 0 Å². The van der Waals surface area contributed by atoms with Crippen molar-refractivity contribution in [1.82, 2.24) is 9.03 Å². The van der Waals surface area contributed by atoms with E-state index in [2.05, 4.69) is 16.1 Å². The van der Waals surface area contributed by atoms with Gasteiger partial charge in [-0.25, -0.2) is 0 Å². The van der Waals surface area contributed by atoms with E-state index in [9.17, 15) is 13.2 Å². The van der Waals surface area contributed by atoms with Gasteiger partial charge in [0, 0.05) is 31.2 Å². The minimum atomic E-state index is -3.59. The summed E-state index contributed by atoms with van der Waals surface area (Å²) in [4.78, 5) is 11.5. The van der Waals surface area contributed by atoms with Crippen molar-refractivity contribution in [2.45, 2.75) is 38.8 Å². The van der Waals surface area contributed by atoms with E-state index in [4.69, 9.17) is 0 Å². The number of benzene rings is 2. The molecule has 0 aromatic heterocycles. The van der Waals surface area contributed by atoms with E-state index in [0.717, 1.165) is 28.8 Å². The van der Waals surface area contributed by atoms with Crippen molar-refractivity contribution in [2.24, 2.45) is 0 Å². The second-order valence-corrected chi connectivity index (χ2v) is 8.86. The first-order valence-corrected chi connectivity index (χ1v) is 10.6. The number of anilines is 1. The molecule has 0 saturated heterocycles. The maximum atomic E-state index is 12.9. The van der Waals surface area contributed by atoms with Crippen molar-refractivity contribution in [1.29, 1.82) is 0 Å². The summed E-state index contributed by atoms with van der Waals surface area (Å²) in [5.74, 6) is 0.0226. The van der Waals surface area contributed by atoms with Gasteiger partial charge in [-0.15, -0.1) is 0 Å². The molecule has 2 heterocycles. The van der Waals surface area contributed by atoms with Crippen LogP contribution in [0.25, 0.3) is 0 Å². The van der Waals surface area contributed by atoms with Crippen molar-refractivity contribution >= 4 is 21.8 Å². The Labute approximate surface area is 159 Å². The molecule has 1 amide bonds. The van der Waals surface area contributed by atoms with E-state index in [1.54, 1.807) is 0 Å². The third kappa shape index (κ3) is 3.76. The zero-order chi connectivity index (χ0) is 19.0. The lowest BCUT2D eigenvalue weighted by molar-refractivity contribution is -0.116. The zero-order valence-corrected chi connectivity index (χ0v) is 16.1. The third-order valence-corrected chi connectivity index (χ3v) is 6.93. The van der Waals surface area contributed by atoms with E-state index in [-0.39, 0.29) is 11.9 Å². The molecule has 2 aromatic carbocycles. The highest BCUT2D eigenvalue weighted by Crippen LogP contribution is 2.27. The van der Waals surface area contributed by atoms with Gasteiger partial charge in [0.05, 0.1) is 0 Å². The highest BCUT2D eigenvalue weighted by atomic mass is 32.2. The molecule has 2 aliphatic rings. The largest absolute Gasteiger partial charge is 0.326 e. The van der Waals surface area contributed by atoms with E-state index in [1.165, 1.54) is 9.87 Å². The smallest absolute Gasteiger partial charge is 0.280 e. The fourth-order valence-electron chi connectivity index (χ4n) is 3.71. The standard InChI is InChI=1S/C20H23N3O3S/c1-14(16-6-8-19-17(12-16)7-9-20(24)21-19)22-27(25,26)23-11-10-15-4-2-3-5-18(15)13-23/h2-6,8,12,14,22H,7,9-11,13H2,1H3,(H,21,24). The summed E-state index contributed by atoms with van der Waals surface area (Å²) in [7, 11) is -3.59. The molecule has 4 rings (SSSR count). The molecule has 2 aromatic rings. The molecule has 0 fully saturated rings. The van der Waals surface area contributed by atoms with Gasteiger partial charge < -0.3 is 5.32 Å². The predicted octanol–water partition coefficient (Wildman–Crippen LogP) is 2.52. The van der Waals surface area contributed by atoms with Crippen molar-refractivity contribution in [3.05, 3.63) is 64.7 Å². The van der Waals surface area contributed by atoms with Gasteiger partial charge in [-0.1, -0.05) is 36.4 Å². The molecule has 142 valence electrons. The van der Waals surface area contributed by atoms with Crippen LogP contribution in [0.5, 0.6) is 0 Å². The van der Waals surface area contributed by atoms with Crippen LogP contribution in [0.15, 0.2) is 42.5 Å². The topological polar surface area (TPSA) is 78.5 Å². The van der Waals surface area contributed by atoms with Crippen molar-refractivity contribution < 1.29 is 13.2 Å². The van der Waals surface area contributed by atoms with Crippen molar-refractivity contribution in [3.63, 3.8) is 0 Å². The number of fused-ring (bicyclic) bond motifs is 2. The second-order valence-electron chi connectivity index (χ2n) is 7.16. The molecule has 0 spiro atoms. The highest BCUT2D eigenvalue weighted by Gasteiger charge is 2.28. The fourth-order valence-corrected chi connectivity index (χ4v) is 5.09. The SMILES string of the molecule is CC(NS(=O)(=O)N1CCc2ccccc2C1)c1ccc2c(c1)CCC(=O)N2. The first kappa shape index (κ1) is 18.2. The highest BCUT2D eigenvalue weighted by molar-refractivity contribution is 7.87. The van der Waals surface area contributed by atoms with Gasteiger partial charge in [-0.2, -0.15) is 17.4 Å². The van der Waals surface area contributed by atoms with Gasteiger partial charge in [0.2, 0.25) is 5.91 Å². The number of nitrogens with one attached hydrogen (secondary N) is 2. The number of amides is 1. The summed E-state index contributed by atoms with van der Waals surface area (Å²) >= 11 is 0. The first-order valence-electron chi connectivity index (χ1n) is 9.19. The van der Waals surface area contributed by atoms with E-state index in [1.807, 2.05) is 43.3 Å². The lowest BCUT2D eigenvalue weighted by Crippen LogP contribution is -2.44. The molecule has 0 aliphatic carbocycles. The molecule has 27 heavy (non-hydrogen) atoms. The van der Waals surface area contributed by atoms with E-state index in [0.29, 0.717) is 25.9 Å². The second kappa shape index (κ2) is 7.07. The van der Waals surface area contributed by atoms with Crippen molar-refractivity contribution in [2.75, 3.05) is 11.9 Å². The number of carbonyl (C=O) groups excluding carboxylic acids is 1. The van der Waals surface area contributed by atoms with Gasteiger partial charge >= 0.3 is 0 Å². The summed E-state index contributed by atoms with van der Waals surface area (Å²) < 4.78 is 30.0. The number of rotatable bonds is 4. The lowest BCUT2D eigenvalue weighted by Gasteiger charge is -2.29. The molecule has 1 atom stereocenters. The Morgan fingerprint density at radius 1 is 1.04 bits per heavy atom. The van der Waals surface area contributed by atoms with Crippen LogP contribution < -0.4 is 10.0 Å². The van der Waals surface area contributed by atoms with Gasteiger partial charge in [-0.3, -0.25) is 4.79 Å². The van der Waals surface area contributed by atoms with Crippen LogP contribution in [0.1, 0.15) is 41.6 Å². The van der Waals surface area contributed by atoms with Crippen LogP contribution in [0.3, 0.4) is 0 Å². The van der Waals surface area contributed by atoms with Crippen LogP contribution in [-0.2, 0) is 34.4 Å². The van der Waals surface area contributed by atoms with Gasteiger partial charge in [0.15, 0.2) is 0 Å². The number of aryl methyl sites for hydroxylation is 1. The average Bonchev–Trinajstić information content (AvgIpc) is 2.66. The first-order chi connectivity index (χ1) is 12.9. The third-order valence-electron chi connectivity index (χ3n) is 5.29. The Hall–Kier alpha value is -2.22. The fraction of sp³-hybridized carbons (Fsp3) is 0.350. The molecule has 0 saturated carbocycles. The van der Waals surface area contributed by atoms with Gasteiger partial charge in [0.1, 0.15) is 0 Å². The monoisotopic (exact) mass is 385 g/mol. The Bertz CT molecular complexity index is 988. The van der Waals surface area contributed by atoms with Gasteiger partial charge in [-0.05, 0) is 48.1 Å². The normalized spacial score (nSPS) is 18.3. The molecule has 1 unspecified atom stereocenters. The molecule has 6 nitrogen and oxygen atoms in total. The summed E-state index contributed by atoms with van der Waals surface area (Å²) in [6, 6.07) is 13.3. The van der Waals surface area contributed by atoms with E-state index >= 15 is 0 Å². The maximum absolute atomic E-state index is 12.9. The van der Waals surface area contributed by atoms with Crippen LogP contribution in [-0.4, -0.2) is 25.2 Å². The summed E-state index contributed by atoms with van der Waals surface area (Å²) in [6.07, 6.45) is 1.87. The molecular weight excluding hydrogens is 362 g/mol. The van der Waals surface area contributed by atoms with Gasteiger partial charge in [0.25, 0.3) is 10.2 Å². The minimum absolute atomic E-state index is 0.0226.